The Labute approximate surface area is 215 Å². The van der Waals surface area contributed by atoms with Gasteiger partial charge < -0.3 is 36.0 Å². The number of hydrogen-bond acceptors (Lipinski definition) is 5. The van der Waals surface area contributed by atoms with Crippen molar-refractivity contribution in [1.29, 1.82) is 0 Å². The van der Waals surface area contributed by atoms with Gasteiger partial charge in [0.25, 0.3) is 5.91 Å². The zero-order valence-corrected chi connectivity index (χ0v) is 21.5. The molecule has 0 spiro atoms. The lowest BCUT2D eigenvalue weighted by molar-refractivity contribution is -0.939. The number of nitrogens with zero attached hydrogens (tertiary/aromatic N) is 2. The molecule has 1 atom stereocenters. The van der Waals surface area contributed by atoms with Crippen LogP contribution < -0.4 is 22.3 Å². The highest BCUT2D eigenvalue weighted by Crippen LogP contribution is 2.42. The predicted octanol–water partition coefficient (Wildman–Crippen LogP) is 1.20. The number of amides is 1. The molecule has 6 rings (SSSR count). The topological polar surface area (TPSA) is 81.4 Å². The van der Waals surface area contributed by atoms with Gasteiger partial charge in [0.15, 0.2) is 18.5 Å². The molecule has 0 radical (unpaired) electrons. The quantitative estimate of drug-likeness (QED) is 0.332. The van der Waals surface area contributed by atoms with Gasteiger partial charge in [0.2, 0.25) is 0 Å². The molecule has 1 saturated carbocycles. The number of ether oxygens (including phenoxy) is 1. The Balaban J connectivity index is 0.00000289. The lowest BCUT2D eigenvalue weighted by atomic mass is 9.74. The fraction of sp³-hybridized carbons (Fsp3) is 0.577. The zero-order chi connectivity index (χ0) is 23.6. The summed E-state index contributed by atoms with van der Waals surface area (Å²) in [5.74, 6) is 0.0732. The van der Waals surface area contributed by atoms with Gasteiger partial charge in [-0.3, -0.25) is 9.59 Å². The molecule has 7 nitrogen and oxygen atoms in total. The molecular formula is C26H33BrFN3O4. The van der Waals surface area contributed by atoms with E-state index in [9.17, 15) is 14.0 Å². The highest BCUT2D eigenvalue weighted by Gasteiger charge is 2.51. The van der Waals surface area contributed by atoms with Crippen LogP contribution in [0.15, 0.2) is 41.1 Å². The van der Waals surface area contributed by atoms with E-state index in [1.807, 2.05) is 6.07 Å². The first-order chi connectivity index (χ1) is 16.5. The summed E-state index contributed by atoms with van der Waals surface area (Å²) in [6.07, 6.45) is 8.47. The minimum absolute atomic E-state index is 0. The Morgan fingerprint density at radius 3 is 2.54 bits per heavy atom. The first kappa shape index (κ1) is 25.8. The minimum Gasteiger partial charge on any atom is -1.00 e. The van der Waals surface area contributed by atoms with Crippen molar-refractivity contribution < 1.29 is 44.7 Å². The number of fused-ring (bicyclic) bond motifs is 3. The van der Waals surface area contributed by atoms with E-state index < -0.39 is 5.41 Å². The Hall–Kier alpha value is -2.26. The van der Waals surface area contributed by atoms with Gasteiger partial charge in [0, 0.05) is 24.8 Å². The van der Waals surface area contributed by atoms with Gasteiger partial charge in [-0.2, -0.15) is 0 Å². The molecule has 1 amide bonds. The van der Waals surface area contributed by atoms with Crippen LogP contribution in [0.1, 0.15) is 56.9 Å². The number of nitrogens with one attached hydrogen (secondary N) is 1. The largest absolute Gasteiger partial charge is 1.00 e. The summed E-state index contributed by atoms with van der Waals surface area (Å²) < 4.78 is 25.8. The van der Waals surface area contributed by atoms with Crippen molar-refractivity contribution in [3.05, 3.63) is 48.0 Å². The van der Waals surface area contributed by atoms with Crippen molar-refractivity contribution >= 4 is 17.7 Å². The molecule has 1 unspecified atom stereocenters. The summed E-state index contributed by atoms with van der Waals surface area (Å²) in [6.45, 7) is 2.77. The molecule has 1 N–H and O–H groups in total. The van der Waals surface area contributed by atoms with Gasteiger partial charge in [-0.15, -0.1) is 0 Å². The van der Waals surface area contributed by atoms with Crippen LogP contribution in [0.5, 0.6) is 0 Å². The average molecular weight is 550 g/mol. The Kier molecular flexibility index (Phi) is 7.96. The van der Waals surface area contributed by atoms with Gasteiger partial charge in [-0.25, -0.2) is 4.39 Å². The second-order valence-electron chi connectivity index (χ2n) is 10.4. The molecule has 190 valence electrons. The molecule has 9 heteroatoms. The SMILES string of the molecule is O=C(C[N+]12CCC(CC1)C(OC(=O)C1(c3cccc(F)c3)CCCCCC1)C2)Nc1ccon1.[Br-]. The van der Waals surface area contributed by atoms with Gasteiger partial charge >= 0.3 is 5.97 Å². The third-order valence-electron chi connectivity index (χ3n) is 8.21. The molecule has 1 aromatic carbocycles. The normalized spacial score (nSPS) is 27.3. The summed E-state index contributed by atoms with van der Waals surface area (Å²) in [4.78, 5) is 26.5. The highest BCUT2D eigenvalue weighted by molar-refractivity contribution is 5.90. The maximum atomic E-state index is 14.1. The molecule has 4 fully saturated rings. The molecule has 35 heavy (non-hydrogen) atoms. The molecule has 1 aromatic heterocycles. The van der Waals surface area contributed by atoms with E-state index in [0.717, 1.165) is 57.2 Å². The molecule has 4 heterocycles. The number of carbonyl (C=O) groups excluding carboxylic acids is 2. The average Bonchev–Trinajstić information content (AvgIpc) is 3.20. The standard InChI is InChI=1S/C26H32FN3O4.BrH/c27-21-7-5-6-20(16-21)26(11-3-1-2-4-12-26)25(32)34-22-17-30(13-8-19(22)9-14-30)18-24(31)28-23-10-15-33-29-23;/h5-7,10,15-16,19,22H,1-4,8-9,11-14,17-18H2;1H. The second-order valence-corrected chi connectivity index (χ2v) is 10.4. The van der Waals surface area contributed by atoms with E-state index in [-0.39, 0.29) is 40.8 Å². The fourth-order valence-corrected chi connectivity index (χ4v) is 6.32. The summed E-state index contributed by atoms with van der Waals surface area (Å²) in [5.41, 5.74) is -0.0590. The van der Waals surface area contributed by atoms with Gasteiger partial charge in [0.05, 0.1) is 18.5 Å². The lowest BCUT2D eigenvalue weighted by Gasteiger charge is -2.52. The smallest absolute Gasteiger partial charge is 0.317 e. The van der Waals surface area contributed by atoms with Crippen molar-refractivity contribution in [2.24, 2.45) is 5.92 Å². The molecule has 2 bridgehead atoms. The van der Waals surface area contributed by atoms with E-state index in [2.05, 4.69) is 10.5 Å². The van der Waals surface area contributed by atoms with Crippen molar-refractivity contribution in [3.63, 3.8) is 0 Å². The minimum atomic E-state index is -0.792. The van der Waals surface area contributed by atoms with Crippen LogP contribution in [-0.4, -0.2) is 53.8 Å². The van der Waals surface area contributed by atoms with Gasteiger partial charge in [-0.05, 0) is 30.5 Å². The molecular weight excluding hydrogens is 517 g/mol. The van der Waals surface area contributed by atoms with Crippen LogP contribution in [0.3, 0.4) is 0 Å². The van der Waals surface area contributed by atoms with Crippen LogP contribution >= 0.6 is 0 Å². The molecule has 2 aromatic rings. The van der Waals surface area contributed by atoms with Crippen molar-refractivity contribution in [2.45, 2.75) is 62.9 Å². The first-order valence-corrected chi connectivity index (χ1v) is 12.5. The van der Waals surface area contributed by atoms with Crippen LogP contribution in [0.4, 0.5) is 10.2 Å². The second kappa shape index (κ2) is 10.8. The number of halogens is 2. The first-order valence-electron chi connectivity index (χ1n) is 12.5. The van der Waals surface area contributed by atoms with Crippen molar-refractivity contribution in [2.75, 3.05) is 31.5 Å². The zero-order valence-electron chi connectivity index (χ0n) is 19.9. The maximum absolute atomic E-state index is 14.1. The Morgan fingerprint density at radius 1 is 1.14 bits per heavy atom. The third-order valence-corrected chi connectivity index (χ3v) is 8.21. The van der Waals surface area contributed by atoms with Crippen LogP contribution in [0, 0.1) is 11.7 Å². The van der Waals surface area contributed by atoms with E-state index in [1.165, 1.54) is 18.4 Å². The Morgan fingerprint density at radius 2 is 1.89 bits per heavy atom. The number of rotatable bonds is 6. The summed E-state index contributed by atoms with van der Waals surface area (Å²) >= 11 is 0. The van der Waals surface area contributed by atoms with Crippen LogP contribution in [-0.2, 0) is 19.7 Å². The van der Waals surface area contributed by atoms with E-state index in [0.29, 0.717) is 42.1 Å². The Bertz CT molecular complexity index is 1020. The van der Waals surface area contributed by atoms with Gasteiger partial charge in [-0.1, -0.05) is 43.0 Å². The lowest BCUT2D eigenvalue weighted by Crippen LogP contribution is -3.00. The van der Waals surface area contributed by atoms with Crippen molar-refractivity contribution in [3.8, 4) is 0 Å². The van der Waals surface area contributed by atoms with E-state index in [4.69, 9.17) is 9.26 Å². The predicted molar refractivity (Wildman–Crippen MR) is 123 cm³/mol. The number of quaternary nitrogens is 1. The number of aromatic nitrogens is 1. The maximum Gasteiger partial charge on any atom is 0.317 e. The highest BCUT2D eigenvalue weighted by atomic mass is 79.9. The number of esters is 1. The molecule has 3 aliphatic heterocycles. The van der Waals surface area contributed by atoms with E-state index in [1.54, 1.807) is 12.1 Å². The van der Waals surface area contributed by atoms with E-state index >= 15 is 0 Å². The van der Waals surface area contributed by atoms with Crippen LogP contribution in [0.25, 0.3) is 0 Å². The number of piperidine rings is 3. The summed E-state index contributed by atoms with van der Waals surface area (Å²) in [7, 11) is 0. The van der Waals surface area contributed by atoms with Crippen molar-refractivity contribution in [1.82, 2.24) is 5.16 Å². The molecule has 1 aliphatic carbocycles. The summed E-state index contributed by atoms with van der Waals surface area (Å²) in [5, 5.41) is 6.54. The number of benzene rings is 1. The molecule has 3 saturated heterocycles. The fourth-order valence-electron chi connectivity index (χ4n) is 6.32. The monoisotopic (exact) mass is 549 g/mol. The number of carbonyl (C=O) groups is 2. The third kappa shape index (κ3) is 5.45. The number of hydrogen-bond donors (Lipinski definition) is 1. The summed E-state index contributed by atoms with van der Waals surface area (Å²) in [6, 6.07) is 8.10. The molecule has 4 aliphatic rings. The van der Waals surface area contributed by atoms with Crippen LogP contribution in [0.2, 0.25) is 0 Å². The number of anilines is 1. The van der Waals surface area contributed by atoms with Gasteiger partial charge in [0.1, 0.15) is 18.6 Å².